The number of piperidine rings is 1. The fraction of sp³-hybridized carbons (Fsp3) is 0.476. The van der Waals surface area contributed by atoms with Gasteiger partial charge in [-0.25, -0.2) is 9.37 Å². The van der Waals surface area contributed by atoms with Gasteiger partial charge < -0.3 is 13.9 Å². The number of aryl methyl sites for hydroxylation is 1. The average molecular weight is 414 g/mol. The van der Waals surface area contributed by atoms with E-state index in [1.54, 1.807) is 17.8 Å². The molecule has 0 amide bonds. The minimum Gasteiger partial charge on any atom is -0.440 e. The Morgan fingerprint density at radius 2 is 2.24 bits per heavy atom. The van der Waals surface area contributed by atoms with Crippen LogP contribution in [0.15, 0.2) is 40.2 Å². The number of thioether (sulfide) groups is 1. The van der Waals surface area contributed by atoms with E-state index in [2.05, 4.69) is 26.1 Å². The summed E-state index contributed by atoms with van der Waals surface area (Å²) in [5, 5.41) is 9.44. The Hall–Kier alpha value is -2.19. The van der Waals surface area contributed by atoms with Crippen LogP contribution in [-0.2, 0) is 12.5 Å². The number of halogens is 1. The SMILES string of the molecule is Cc1ncoc1-c1nnc(SCCCN2C[C@@H]3C[C@]3(c3cccc(F)c3)C2)n1C. The van der Waals surface area contributed by atoms with Gasteiger partial charge in [0.1, 0.15) is 5.82 Å². The second-order valence-electron chi connectivity index (χ2n) is 8.14. The molecule has 152 valence electrons. The van der Waals surface area contributed by atoms with Gasteiger partial charge in [0.15, 0.2) is 17.3 Å². The molecule has 1 saturated heterocycles. The molecule has 0 N–H and O–H groups in total. The van der Waals surface area contributed by atoms with E-state index in [0.29, 0.717) is 17.5 Å². The van der Waals surface area contributed by atoms with Crippen LogP contribution < -0.4 is 0 Å². The van der Waals surface area contributed by atoms with Crippen molar-refractivity contribution < 1.29 is 8.81 Å². The molecule has 6 nitrogen and oxygen atoms in total. The van der Waals surface area contributed by atoms with Crippen LogP contribution in [-0.4, -0.2) is 50.0 Å². The maximum absolute atomic E-state index is 13.6. The predicted octanol–water partition coefficient (Wildman–Crippen LogP) is 3.67. The second kappa shape index (κ2) is 7.25. The third kappa shape index (κ3) is 3.38. The molecule has 2 aromatic heterocycles. The number of nitrogens with zero attached hydrogens (tertiary/aromatic N) is 5. The smallest absolute Gasteiger partial charge is 0.202 e. The summed E-state index contributed by atoms with van der Waals surface area (Å²) in [4.78, 5) is 6.65. The van der Waals surface area contributed by atoms with Gasteiger partial charge in [0.05, 0.1) is 5.69 Å². The van der Waals surface area contributed by atoms with Crippen molar-refractivity contribution in [2.24, 2.45) is 13.0 Å². The molecule has 2 fully saturated rings. The van der Waals surface area contributed by atoms with E-state index < -0.39 is 0 Å². The van der Waals surface area contributed by atoms with E-state index in [0.717, 1.165) is 42.7 Å². The van der Waals surface area contributed by atoms with Crippen LogP contribution in [0.4, 0.5) is 4.39 Å². The lowest BCUT2D eigenvalue weighted by atomic mass is 9.95. The molecule has 0 bridgehead atoms. The number of fused-ring (bicyclic) bond motifs is 1. The number of benzene rings is 1. The van der Waals surface area contributed by atoms with Gasteiger partial charge >= 0.3 is 0 Å². The Morgan fingerprint density at radius 3 is 3.03 bits per heavy atom. The summed E-state index contributed by atoms with van der Waals surface area (Å²) in [6.45, 7) is 5.13. The molecule has 3 aromatic rings. The summed E-state index contributed by atoms with van der Waals surface area (Å²) in [6.07, 6.45) is 3.72. The lowest BCUT2D eigenvalue weighted by Gasteiger charge is -2.21. The summed E-state index contributed by atoms with van der Waals surface area (Å²) < 4.78 is 21.0. The van der Waals surface area contributed by atoms with E-state index >= 15 is 0 Å². The van der Waals surface area contributed by atoms with Crippen molar-refractivity contribution in [3.8, 4) is 11.6 Å². The van der Waals surface area contributed by atoms with Gasteiger partial charge in [0.25, 0.3) is 0 Å². The molecule has 29 heavy (non-hydrogen) atoms. The fourth-order valence-electron chi connectivity index (χ4n) is 4.61. The van der Waals surface area contributed by atoms with Crippen molar-refractivity contribution in [1.82, 2.24) is 24.6 Å². The average Bonchev–Trinajstić information content (AvgIpc) is 3.01. The number of rotatable bonds is 7. The van der Waals surface area contributed by atoms with Crippen molar-refractivity contribution in [3.63, 3.8) is 0 Å². The molecule has 3 heterocycles. The second-order valence-corrected chi connectivity index (χ2v) is 9.20. The van der Waals surface area contributed by atoms with Crippen LogP contribution in [0.1, 0.15) is 24.1 Å². The maximum atomic E-state index is 13.6. The zero-order chi connectivity index (χ0) is 20.0. The van der Waals surface area contributed by atoms with Crippen LogP contribution in [0.5, 0.6) is 0 Å². The summed E-state index contributed by atoms with van der Waals surface area (Å²) >= 11 is 1.71. The van der Waals surface area contributed by atoms with Gasteiger partial charge in [0.2, 0.25) is 5.82 Å². The van der Waals surface area contributed by atoms with Crippen LogP contribution >= 0.6 is 11.8 Å². The molecule has 0 spiro atoms. The van der Waals surface area contributed by atoms with Gasteiger partial charge in [-0.2, -0.15) is 0 Å². The minimum atomic E-state index is -0.124. The van der Waals surface area contributed by atoms with Gasteiger partial charge in [-0.3, -0.25) is 0 Å². The quantitative estimate of drug-likeness (QED) is 0.435. The molecule has 1 saturated carbocycles. The zero-order valence-electron chi connectivity index (χ0n) is 16.6. The topological polar surface area (TPSA) is 60.0 Å². The van der Waals surface area contributed by atoms with Crippen molar-refractivity contribution >= 4 is 11.8 Å². The van der Waals surface area contributed by atoms with Gasteiger partial charge in [0, 0.05) is 31.3 Å². The largest absolute Gasteiger partial charge is 0.440 e. The number of likely N-dealkylation sites (tertiary alicyclic amines) is 1. The van der Waals surface area contributed by atoms with Crippen molar-refractivity contribution in [3.05, 3.63) is 47.7 Å². The Morgan fingerprint density at radius 1 is 1.34 bits per heavy atom. The standard InChI is InChI=1S/C21H24FN5OS/c1-14-18(28-13-23-14)19-24-25-20(26(19)2)29-8-4-7-27-11-16-10-21(16,12-27)15-5-3-6-17(22)9-15/h3,5-6,9,13,16H,4,7-8,10-12H2,1-2H3/t16-,21+/m0/s1. The Bertz CT molecular complexity index is 1030. The van der Waals surface area contributed by atoms with Crippen molar-refractivity contribution in [2.75, 3.05) is 25.4 Å². The fourth-order valence-corrected chi connectivity index (χ4v) is 5.44. The zero-order valence-corrected chi connectivity index (χ0v) is 17.5. The lowest BCUT2D eigenvalue weighted by Crippen LogP contribution is -2.28. The maximum Gasteiger partial charge on any atom is 0.202 e. The van der Waals surface area contributed by atoms with E-state index in [1.165, 1.54) is 24.4 Å². The third-order valence-electron chi connectivity index (χ3n) is 6.25. The summed E-state index contributed by atoms with van der Waals surface area (Å²) in [5.41, 5.74) is 2.19. The molecule has 0 unspecified atom stereocenters. The Balaban J connectivity index is 1.13. The van der Waals surface area contributed by atoms with E-state index in [-0.39, 0.29) is 11.2 Å². The highest BCUT2D eigenvalue weighted by molar-refractivity contribution is 7.99. The number of oxazole rings is 1. The number of hydrogen-bond acceptors (Lipinski definition) is 6. The molecule has 1 aliphatic heterocycles. The van der Waals surface area contributed by atoms with Crippen LogP contribution in [0.2, 0.25) is 0 Å². The summed E-state index contributed by atoms with van der Waals surface area (Å²) in [7, 11) is 1.95. The van der Waals surface area contributed by atoms with E-state index in [9.17, 15) is 4.39 Å². The number of hydrogen-bond donors (Lipinski definition) is 0. The lowest BCUT2D eigenvalue weighted by molar-refractivity contribution is 0.299. The Labute approximate surface area is 173 Å². The van der Waals surface area contributed by atoms with Crippen LogP contribution in [0.25, 0.3) is 11.6 Å². The normalized spacial score (nSPS) is 23.5. The molecule has 8 heteroatoms. The highest BCUT2D eigenvalue weighted by Crippen LogP contribution is 2.59. The molecular weight excluding hydrogens is 389 g/mol. The summed E-state index contributed by atoms with van der Waals surface area (Å²) in [5.74, 6) is 2.92. The monoisotopic (exact) mass is 413 g/mol. The molecule has 2 aliphatic rings. The Kier molecular flexibility index (Phi) is 4.70. The minimum absolute atomic E-state index is 0.124. The first kappa shape index (κ1) is 18.8. The van der Waals surface area contributed by atoms with Crippen molar-refractivity contribution in [2.45, 2.75) is 30.3 Å². The van der Waals surface area contributed by atoms with Gasteiger partial charge in [-0.1, -0.05) is 23.9 Å². The first-order valence-corrected chi connectivity index (χ1v) is 11.0. The molecule has 1 aromatic carbocycles. The van der Waals surface area contributed by atoms with E-state index in [1.807, 2.05) is 24.6 Å². The first-order chi connectivity index (χ1) is 14.1. The van der Waals surface area contributed by atoms with E-state index in [4.69, 9.17) is 4.42 Å². The summed E-state index contributed by atoms with van der Waals surface area (Å²) in [6, 6.07) is 7.18. The molecule has 2 atom stereocenters. The van der Waals surface area contributed by atoms with Crippen LogP contribution in [0.3, 0.4) is 0 Å². The molecular formula is C21H24FN5OS. The molecule has 0 radical (unpaired) electrons. The first-order valence-electron chi connectivity index (χ1n) is 9.98. The van der Waals surface area contributed by atoms with Gasteiger partial charge in [-0.15, -0.1) is 10.2 Å². The number of aromatic nitrogens is 4. The predicted molar refractivity (Wildman–Crippen MR) is 109 cm³/mol. The van der Waals surface area contributed by atoms with Crippen LogP contribution in [0, 0.1) is 18.7 Å². The molecule has 1 aliphatic carbocycles. The van der Waals surface area contributed by atoms with Crippen molar-refractivity contribution in [1.29, 1.82) is 0 Å². The third-order valence-corrected chi connectivity index (χ3v) is 7.36. The highest BCUT2D eigenvalue weighted by Gasteiger charge is 2.60. The highest BCUT2D eigenvalue weighted by atomic mass is 32.2. The molecule has 5 rings (SSSR count). The van der Waals surface area contributed by atoms with Gasteiger partial charge in [-0.05, 0) is 49.9 Å².